The van der Waals surface area contributed by atoms with Crippen molar-refractivity contribution in [2.24, 2.45) is 0 Å². The highest BCUT2D eigenvalue weighted by molar-refractivity contribution is 7.18. The lowest BCUT2D eigenvalue weighted by molar-refractivity contribution is 0.0753. The molecule has 1 amide bonds. The van der Waals surface area contributed by atoms with E-state index in [0.29, 0.717) is 11.7 Å². The predicted octanol–water partition coefficient (Wildman–Crippen LogP) is 4.18. The summed E-state index contributed by atoms with van der Waals surface area (Å²) in [6, 6.07) is 8.65. The fourth-order valence-corrected chi connectivity index (χ4v) is 5.86. The molecule has 2 aliphatic rings. The Morgan fingerprint density at radius 1 is 1.19 bits per heavy atom. The van der Waals surface area contributed by atoms with Gasteiger partial charge in [0, 0.05) is 43.5 Å². The van der Waals surface area contributed by atoms with Gasteiger partial charge in [0.25, 0.3) is 5.91 Å². The third kappa shape index (κ3) is 4.26. The van der Waals surface area contributed by atoms with E-state index in [9.17, 15) is 4.79 Å². The Hall–Kier alpha value is -2.25. The molecule has 1 N–H and O–H groups in total. The number of nitrogens with zero attached hydrogens (tertiary/aromatic N) is 4. The summed E-state index contributed by atoms with van der Waals surface area (Å²) in [7, 11) is 0. The number of fused-ring (bicyclic) bond motifs is 2. The molecule has 0 unspecified atom stereocenters. The number of carbonyl (C=O) groups is 1. The van der Waals surface area contributed by atoms with Crippen molar-refractivity contribution in [3.63, 3.8) is 0 Å². The second-order valence-corrected chi connectivity index (χ2v) is 9.81. The summed E-state index contributed by atoms with van der Waals surface area (Å²) >= 11 is 1.76. The van der Waals surface area contributed by atoms with Gasteiger partial charge in [-0.2, -0.15) is 5.10 Å². The van der Waals surface area contributed by atoms with Crippen LogP contribution >= 0.6 is 11.3 Å². The van der Waals surface area contributed by atoms with Gasteiger partial charge in [0.05, 0.1) is 10.2 Å². The van der Waals surface area contributed by atoms with Gasteiger partial charge in [0.2, 0.25) is 0 Å². The number of rotatable bonds is 5. The van der Waals surface area contributed by atoms with Gasteiger partial charge in [0.15, 0.2) is 5.69 Å². The minimum absolute atomic E-state index is 0.136. The summed E-state index contributed by atoms with van der Waals surface area (Å²) in [6.07, 6.45) is 7.58. The summed E-state index contributed by atoms with van der Waals surface area (Å²) in [4.78, 5) is 20.1. The first-order valence-corrected chi connectivity index (χ1v) is 12.5. The first kappa shape index (κ1) is 20.6. The Morgan fingerprint density at radius 3 is 2.77 bits per heavy atom. The largest absolute Gasteiger partial charge is 0.337 e. The number of hydrogen-bond acceptors (Lipinski definition) is 5. The van der Waals surface area contributed by atoms with Crippen LogP contribution in [0.25, 0.3) is 10.2 Å². The van der Waals surface area contributed by atoms with Gasteiger partial charge in [-0.25, -0.2) is 4.98 Å². The third-order valence-electron chi connectivity index (χ3n) is 6.62. The maximum absolute atomic E-state index is 13.4. The van der Waals surface area contributed by atoms with Crippen molar-refractivity contribution in [2.75, 3.05) is 13.1 Å². The number of carbonyl (C=O) groups excluding carboxylic acids is 1. The van der Waals surface area contributed by atoms with Crippen LogP contribution in [0.2, 0.25) is 0 Å². The van der Waals surface area contributed by atoms with Crippen LogP contribution in [0.1, 0.15) is 65.8 Å². The molecule has 1 aliphatic heterocycles. The highest BCUT2D eigenvalue weighted by Gasteiger charge is 2.31. The van der Waals surface area contributed by atoms with Crippen LogP contribution in [0, 0.1) is 0 Å². The summed E-state index contributed by atoms with van der Waals surface area (Å²) in [5, 5.41) is 9.62. The molecule has 0 saturated carbocycles. The number of para-hydroxylation sites is 1. The van der Waals surface area contributed by atoms with Gasteiger partial charge in [-0.1, -0.05) is 25.0 Å². The number of nitrogens with one attached hydrogen (secondary N) is 1. The molecule has 164 valence electrons. The SMILES string of the molecule is CCn1nc(C(=O)N2CCCCCC2)c2c1CC[C@H](NCc1nc3ccccc3s1)C2. The van der Waals surface area contributed by atoms with Gasteiger partial charge >= 0.3 is 0 Å². The smallest absolute Gasteiger partial charge is 0.274 e. The summed E-state index contributed by atoms with van der Waals surface area (Å²) in [5.74, 6) is 0.136. The van der Waals surface area contributed by atoms with Crippen molar-refractivity contribution in [3.05, 3.63) is 46.2 Å². The minimum Gasteiger partial charge on any atom is -0.337 e. The molecule has 1 aromatic carbocycles. The van der Waals surface area contributed by atoms with E-state index in [2.05, 4.69) is 35.1 Å². The molecule has 1 aliphatic carbocycles. The topological polar surface area (TPSA) is 63.1 Å². The molecule has 1 fully saturated rings. The van der Waals surface area contributed by atoms with E-state index < -0.39 is 0 Å². The number of thiazole rings is 1. The van der Waals surface area contributed by atoms with Crippen LogP contribution in [-0.4, -0.2) is 44.7 Å². The lowest BCUT2D eigenvalue weighted by atomic mass is 9.91. The van der Waals surface area contributed by atoms with E-state index in [4.69, 9.17) is 10.1 Å². The molecule has 31 heavy (non-hydrogen) atoms. The fourth-order valence-electron chi connectivity index (χ4n) is 4.95. The Kier molecular flexibility index (Phi) is 6.05. The molecule has 6 nitrogen and oxygen atoms in total. The number of likely N-dealkylation sites (tertiary alicyclic amines) is 1. The second-order valence-electron chi connectivity index (χ2n) is 8.69. The zero-order valence-corrected chi connectivity index (χ0v) is 19.1. The van der Waals surface area contributed by atoms with Crippen molar-refractivity contribution in [2.45, 2.75) is 71.0 Å². The van der Waals surface area contributed by atoms with Gasteiger partial charge in [-0.15, -0.1) is 11.3 Å². The van der Waals surface area contributed by atoms with Crippen molar-refractivity contribution >= 4 is 27.5 Å². The van der Waals surface area contributed by atoms with Crippen LogP contribution in [0.3, 0.4) is 0 Å². The molecule has 3 aromatic rings. The molecule has 1 atom stereocenters. The third-order valence-corrected chi connectivity index (χ3v) is 7.66. The average Bonchev–Trinajstić information content (AvgIpc) is 3.27. The predicted molar refractivity (Wildman–Crippen MR) is 125 cm³/mol. The number of hydrogen-bond donors (Lipinski definition) is 1. The van der Waals surface area contributed by atoms with Crippen molar-refractivity contribution in [1.29, 1.82) is 0 Å². The molecule has 0 spiro atoms. The second kappa shape index (κ2) is 9.09. The Labute approximate surface area is 187 Å². The molecule has 2 aromatic heterocycles. The standard InChI is InChI=1S/C24H31N5OS/c1-2-29-20-12-11-17(25-16-22-26-19-9-5-6-10-21(19)31-22)15-18(20)23(27-29)24(30)28-13-7-3-4-8-14-28/h5-6,9-10,17,25H,2-4,7-8,11-16H2,1H3/t17-/m0/s1. The molecular formula is C24H31N5OS. The Bertz CT molecular complexity index is 1030. The van der Waals surface area contributed by atoms with E-state index in [-0.39, 0.29) is 5.91 Å². The first-order chi connectivity index (χ1) is 15.2. The van der Waals surface area contributed by atoms with Crippen molar-refractivity contribution < 1.29 is 4.79 Å². The molecule has 1 saturated heterocycles. The van der Waals surface area contributed by atoms with Crippen LogP contribution in [-0.2, 0) is 25.9 Å². The highest BCUT2D eigenvalue weighted by Crippen LogP contribution is 2.27. The van der Waals surface area contributed by atoms with Crippen LogP contribution < -0.4 is 5.32 Å². The lowest BCUT2D eigenvalue weighted by Gasteiger charge is -2.25. The Balaban J connectivity index is 1.32. The average molecular weight is 438 g/mol. The maximum Gasteiger partial charge on any atom is 0.274 e. The zero-order valence-electron chi connectivity index (χ0n) is 18.3. The molecule has 0 bridgehead atoms. The van der Waals surface area contributed by atoms with E-state index in [0.717, 1.165) is 68.8 Å². The Morgan fingerprint density at radius 2 is 2.00 bits per heavy atom. The summed E-state index contributed by atoms with van der Waals surface area (Å²) in [5.41, 5.74) is 4.21. The molecule has 3 heterocycles. The molecule has 7 heteroatoms. The van der Waals surface area contributed by atoms with Gasteiger partial charge in [-0.05, 0) is 51.2 Å². The molecule has 0 radical (unpaired) electrons. The van der Waals surface area contributed by atoms with Gasteiger partial charge in [-0.3, -0.25) is 9.48 Å². The normalized spacial score (nSPS) is 19.4. The quantitative estimate of drug-likeness (QED) is 0.651. The summed E-state index contributed by atoms with van der Waals surface area (Å²) < 4.78 is 3.30. The van der Waals surface area contributed by atoms with Crippen LogP contribution in [0.4, 0.5) is 0 Å². The molecule has 5 rings (SSSR count). The van der Waals surface area contributed by atoms with E-state index in [1.807, 2.05) is 11.0 Å². The summed E-state index contributed by atoms with van der Waals surface area (Å²) in [6.45, 7) is 5.44. The van der Waals surface area contributed by atoms with Crippen LogP contribution in [0.5, 0.6) is 0 Å². The first-order valence-electron chi connectivity index (χ1n) is 11.7. The highest BCUT2D eigenvalue weighted by atomic mass is 32.1. The fraction of sp³-hybridized carbons (Fsp3) is 0.542. The zero-order chi connectivity index (χ0) is 21.2. The minimum atomic E-state index is 0.136. The number of aromatic nitrogens is 3. The lowest BCUT2D eigenvalue weighted by Crippen LogP contribution is -2.36. The number of amides is 1. The van der Waals surface area contributed by atoms with Gasteiger partial charge in [0.1, 0.15) is 5.01 Å². The van der Waals surface area contributed by atoms with E-state index in [1.54, 1.807) is 11.3 Å². The number of benzene rings is 1. The van der Waals surface area contributed by atoms with Crippen molar-refractivity contribution in [3.8, 4) is 0 Å². The van der Waals surface area contributed by atoms with Crippen molar-refractivity contribution in [1.82, 2.24) is 25.0 Å². The maximum atomic E-state index is 13.4. The van der Waals surface area contributed by atoms with E-state index >= 15 is 0 Å². The van der Waals surface area contributed by atoms with Crippen LogP contribution in [0.15, 0.2) is 24.3 Å². The molecular weight excluding hydrogens is 406 g/mol. The monoisotopic (exact) mass is 437 g/mol. The number of aryl methyl sites for hydroxylation is 1. The van der Waals surface area contributed by atoms with Gasteiger partial charge < -0.3 is 10.2 Å². The van der Waals surface area contributed by atoms with E-state index in [1.165, 1.54) is 28.8 Å².